The van der Waals surface area contributed by atoms with Crippen molar-refractivity contribution < 1.29 is 13.2 Å². The summed E-state index contributed by atoms with van der Waals surface area (Å²) in [6.45, 7) is 7.51. The number of aryl methyl sites for hydroxylation is 1. The summed E-state index contributed by atoms with van der Waals surface area (Å²) in [7, 11) is -2.41. The van der Waals surface area contributed by atoms with E-state index >= 15 is 0 Å². The number of aromatic nitrogens is 2. The quantitative estimate of drug-likeness (QED) is 0.896. The molecule has 0 atom stereocenters. The molecule has 1 aromatic heterocycles. The largest absolute Gasteiger partial charge is 0.495 e. The van der Waals surface area contributed by atoms with Gasteiger partial charge in [-0.3, -0.25) is 9.40 Å². The van der Waals surface area contributed by atoms with Gasteiger partial charge in [0.2, 0.25) is 0 Å². The van der Waals surface area contributed by atoms with Crippen molar-refractivity contribution >= 4 is 15.7 Å². The molecular formula is C16H20N4O3S. The van der Waals surface area contributed by atoms with Crippen LogP contribution < -0.4 is 9.46 Å². The Kier molecular flexibility index (Phi) is 4.85. The third-order valence-corrected chi connectivity index (χ3v) is 5.00. The highest BCUT2D eigenvalue weighted by atomic mass is 32.2. The molecule has 0 saturated carbocycles. The standard InChI is InChI=1S/C16H20N4O3S/c1-10(2)20-12(4)16(11(3)18-20)19-24(21,22)14-6-7-15(23-5)13(8-14)9-17/h6-8,10,19H,1-5H3. The molecule has 0 radical (unpaired) electrons. The summed E-state index contributed by atoms with van der Waals surface area (Å²) in [5.74, 6) is 0.330. The van der Waals surface area contributed by atoms with Gasteiger partial charge in [-0.2, -0.15) is 10.4 Å². The Hall–Kier alpha value is -2.53. The first-order valence-corrected chi connectivity index (χ1v) is 8.86. The van der Waals surface area contributed by atoms with Gasteiger partial charge in [0.1, 0.15) is 11.8 Å². The van der Waals surface area contributed by atoms with E-state index in [1.807, 2.05) is 26.8 Å². The molecule has 24 heavy (non-hydrogen) atoms. The number of methoxy groups -OCH3 is 1. The molecule has 0 unspecified atom stereocenters. The van der Waals surface area contributed by atoms with Gasteiger partial charge in [0.25, 0.3) is 10.0 Å². The zero-order valence-electron chi connectivity index (χ0n) is 14.3. The van der Waals surface area contributed by atoms with Gasteiger partial charge in [-0.15, -0.1) is 0 Å². The molecule has 0 bridgehead atoms. The van der Waals surface area contributed by atoms with Crippen molar-refractivity contribution in [1.29, 1.82) is 5.26 Å². The molecule has 0 fully saturated rings. The first-order chi connectivity index (χ1) is 11.2. The molecule has 0 aliphatic rings. The number of hydrogen-bond acceptors (Lipinski definition) is 5. The van der Waals surface area contributed by atoms with E-state index in [4.69, 9.17) is 10.00 Å². The number of benzene rings is 1. The number of nitrogens with zero attached hydrogens (tertiary/aromatic N) is 3. The second-order valence-electron chi connectivity index (χ2n) is 5.66. The molecular weight excluding hydrogens is 328 g/mol. The van der Waals surface area contributed by atoms with E-state index in [-0.39, 0.29) is 16.5 Å². The van der Waals surface area contributed by atoms with Crippen LogP contribution in [0.2, 0.25) is 0 Å². The molecule has 7 nitrogen and oxygen atoms in total. The van der Waals surface area contributed by atoms with E-state index in [9.17, 15) is 8.42 Å². The van der Waals surface area contributed by atoms with Crippen molar-refractivity contribution in [2.24, 2.45) is 0 Å². The Bertz CT molecular complexity index is 908. The zero-order valence-corrected chi connectivity index (χ0v) is 15.1. The molecule has 0 aliphatic heterocycles. The lowest BCUT2D eigenvalue weighted by molar-refractivity contribution is 0.413. The Morgan fingerprint density at radius 1 is 1.33 bits per heavy atom. The summed E-state index contributed by atoms with van der Waals surface area (Å²) in [6, 6.07) is 6.20. The van der Waals surface area contributed by atoms with E-state index in [2.05, 4.69) is 9.82 Å². The highest BCUT2D eigenvalue weighted by Crippen LogP contribution is 2.27. The van der Waals surface area contributed by atoms with Crippen molar-refractivity contribution in [3.8, 4) is 11.8 Å². The third-order valence-electron chi connectivity index (χ3n) is 3.65. The molecule has 1 heterocycles. The average Bonchev–Trinajstić information content (AvgIpc) is 2.82. The topological polar surface area (TPSA) is 97.0 Å². The second kappa shape index (κ2) is 6.53. The summed E-state index contributed by atoms with van der Waals surface area (Å²) in [4.78, 5) is -0.00375. The molecule has 8 heteroatoms. The maximum Gasteiger partial charge on any atom is 0.262 e. The van der Waals surface area contributed by atoms with Crippen LogP contribution >= 0.6 is 0 Å². The third kappa shape index (κ3) is 3.21. The first-order valence-electron chi connectivity index (χ1n) is 7.38. The molecule has 0 aliphatic carbocycles. The van der Waals surface area contributed by atoms with E-state index < -0.39 is 10.0 Å². The molecule has 1 N–H and O–H groups in total. The SMILES string of the molecule is COc1ccc(S(=O)(=O)Nc2c(C)nn(C(C)C)c2C)cc1C#N. The predicted octanol–water partition coefficient (Wildman–Crippen LogP) is 2.76. The predicted molar refractivity (Wildman–Crippen MR) is 90.6 cm³/mol. The molecule has 2 rings (SSSR count). The van der Waals surface area contributed by atoms with Gasteiger partial charge in [-0.05, 0) is 45.9 Å². The second-order valence-corrected chi connectivity index (χ2v) is 7.35. The van der Waals surface area contributed by atoms with Gasteiger partial charge in [0.15, 0.2) is 0 Å². The van der Waals surface area contributed by atoms with Crippen LogP contribution in [0.4, 0.5) is 5.69 Å². The Morgan fingerprint density at radius 2 is 2.00 bits per heavy atom. The number of nitriles is 1. The number of ether oxygens (including phenoxy) is 1. The van der Waals surface area contributed by atoms with Crippen LogP contribution in [-0.2, 0) is 10.0 Å². The van der Waals surface area contributed by atoms with Crippen LogP contribution in [0.25, 0.3) is 0 Å². The van der Waals surface area contributed by atoms with Crippen LogP contribution in [-0.4, -0.2) is 25.3 Å². The van der Waals surface area contributed by atoms with Crippen LogP contribution in [0.5, 0.6) is 5.75 Å². The molecule has 0 saturated heterocycles. The Morgan fingerprint density at radius 3 is 2.50 bits per heavy atom. The van der Waals surface area contributed by atoms with Crippen molar-refractivity contribution in [2.45, 2.75) is 38.6 Å². The minimum Gasteiger partial charge on any atom is -0.495 e. The highest BCUT2D eigenvalue weighted by molar-refractivity contribution is 7.92. The molecule has 2 aromatic rings. The monoisotopic (exact) mass is 348 g/mol. The van der Waals surface area contributed by atoms with Crippen LogP contribution in [0, 0.1) is 25.2 Å². The molecule has 128 valence electrons. The van der Waals surface area contributed by atoms with Gasteiger partial charge in [0, 0.05) is 6.04 Å². The lowest BCUT2D eigenvalue weighted by Gasteiger charge is -2.11. The van der Waals surface area contributed by atoms with Gasteiger partial charge >= 0.3 is 0 Å². The highest BCUT2D eigenvalue weighted by Gasteiger charge is 2.21. The fourth-order valence-electron chi connectivity index (χ4n) is 2.45. The minimum absolute atomic E-state index is 0.00375. The van der Waals surface area contributed by atoms with Gasteiger partial charge in [-0.1, -0.05) is 0 Å². The van der Waals surface area contributed by atoms with Crippen molar-refractivity contribution in [3.05, 3.63) is 35.2 Å². The number of sulfonamides is 1. The smallest absolute Gasteiger partial charge is 0.262 e. The number of nitrogens with one attached hydrogen (secondary N) is 1. The Balaban J connectivity index is 2.45. The number of hydrogen-bond donors (Lipinski definition) is 1. The lowest BCUT2D eigenvalue weighted by Crippen LogP contribution is -2.14. The normalized spacial score (nSPS) is 11.4. The number of rotatable bonds is 5. The maximum absolute atomic E-state index is 12.7. The van der Waals surface area contributed by atoms with Crippen molar-refractivity contribution in [2.75, 3.05) is 11.8 Å². The van der Waals surface area contributed by atoms with E-state index in [1.165, 1.54) is 25.3 Å². The average molecular weight is 348 g/mol. The van der Waals surface area contributed by atoms with Crippen molar-refractivity contribution in [3.63, 3.8) is 0 Å². The van der Waals surface area contributed by atoms with Crippen LogP contribution in [0.1, 0.15) is 36.8 Å². The summed E-state index contributed by atoms with van der Waals surface area (Å²) >= 11 is 0. The van der Waals surface area contributed by atoms with E-state index in [1.54, 1.807) is 11.6 Å². The van der Waals surface area contributed by atoms with E-state index in [0.29, 0.717) is 17.1 Å². The first kappa shape index (κ1) is 17.8. The fourth-order valence-corrected chi connectivity index (χ4v) is 3.65. The maximum atomic E-state index is 12.7. The minimum atomic E-state index is -3.84. The van der Waals surface area contributed by atoms with Crippen molar-refractivity contribution in [1.82, 2.24) is 9.78 Å². The summed E-state index contributed by atoms with van der Waals surface area (Å²) in [5.41, 5.74) is 1.95. The lowest BCUT2D eigenvalue weighted by atomic mass is 10.2. The van der Waals surface area contributed by atoms with Gasteiger partial charge < -0.3 is 4.74 Å². The fraction of sp³-hybridized carbons (Fsp3) is 0.375. The number of anilines is 1. The van der Waals surface area contributed by atoms with Crippen LogP contribution in [0.3, 0.4) is 0 Å². The summed E-state index contributed by atoms with van der Waals surface area (Å²) < 4.78 is 34.7. The zero-order chi connectivity index (χ0) is 18.1. The Labute approximate surface area is 141 Å². The summed E-state index contributed by atoms with van der Waals surface area (Å²) in [6.07, 6.45) is 0. The molecule has 0 spiro atoms. The molecule has 1 aromatic carbocycles. The van der Waals surface area contributed by atoms with E-state index in [0.717, 1.165) is 5.69 Å². The van der Waals surface area contributed by atoms with Gasteiger partial charge in [-0.25, -0.2) is 8.42 Å². The van der Waals surface area contributed by atoms with Crippen LogP contribution in [0.15, 0.2) is 23.1 Å². The summed E-state index contributed by atoms with van der Waals surface area (Å²) in [5, 5.41) is 13.5. The molecule has 0 amide bonds. The van der Waals surface area contributed by atoms with Gasteiger partial charge in [0.05, 0.1) is 34.6 Å².